The number of aromatic nitrogens is 2. The Kier molecular flexibility index (Phi) is 3.85. The van der Waals surface area contributed by atoms with Gasteiger partial charge in [0.2, 0.25) is 11.8 Å². The molecule has 1 atom stereocenters. The molecule has 1 aliphatic rings. The lowest BCUT2D eigenvalue weighted by molar-refractivity contribution is -0.135. The fraction of sp³-hybridized carbons (Fsp3) is 0.375. The minimum absolute atomic E-state index is 0.219. The number of imidazole rings is 1. The van der Waals surface area contributed by atoms with E-state index in [1.54, 1.807) is 13.1 Å². The topological polar surface area (TPSA) is 90.2 Å². The van der Waals surface area contributed by atoms with Crippen molar-refractivity contribution in [3.63, 3.8) is 0 Å². The molecule has 2 aromatic rings. The molecule has 1 fully saturated rings. The summed E-state index contributed by atoms with van der Waals surface area (Å²) in [6, 6.07) is 4.83. The van der Waals surface area contributed by atoms with Gasteiger partial charge in [0.15, 0.2) is 0 Å². The van der Waals surface area contributed by atoms with Crippen molar-refractivity contribution in [3.8, 4) is 0 Å². The molecule has 7 nitrogen and oxygen atoms in total. The van der Waals surface area contributed by atoms with E-state index in [4.69, 9.17) is 0 Å². The number of carbonyl (C=O) groups is 3. The lowest BCUT2D eigenvalue weighted by Gasteiger charge is -2.21. The number of fused-ring (bicyclic) bond motifs is 1. The number of piperidine rings is 1. The Labute approximate surface area is 131 Å². The maximum absolute atomic E-state index is 12.5. The van der Waals surface area contributed by atoms with Crippen LogP contribution in [0.2, 0.25) is 0 Å². The number of nitrogens with zero attached hydrogens (tertiary/aromatic N) is 2. The average Bonchev–Trinajstić information content (AvgIpc) is 2.77. The van der Waals surface area contributed by atoms with Crippen molar-refractivity contribution in [2.24, 2.45) is 7.05 Å². The number of hydrogen-bond donors (Lipinski definition) is 1. The number of aldehydes is 1. The highest BCUT2D eigenvalue weighted by Gasteiger charge is 2.31. The van der Waals surface area contributed by atoms with Crippen LogP contribution in [-0.4, -0.2) is 27.2 Å². The van der Waals surface area contributed by atoms with Crippen molar-refractivity contribution >= 4 is 29.1 Å². The van der Waals surface area contributed by atoms with Crippen molar-refractivity contribution in [2.75, 3.05) is 0 Å². The van der Waals surface area contributed by atoms with Crippen molar-refractivity contribution in [3.05, 3.63) is 34.2 Å². The van der Waals surface area contributed by atoms with Crippen molar-refractivity contribution in [2.45, 2.75) is 31.7 Å². The van der Waals surface area contributed by atoms with Crippen molar-refractivity contribution < 1.29 is 14.4 Å². The summed E-state index contributed by atoms with van der Waals surface area (Å²) >= 11 is 0. The third kappa shape index (κ3) is 2.58. The molecule has 0 spiro atoms. The maximum Gasteiger partial charge on any atom is 0.329 e. The number of aryl methyl sites for hydroxylation is 2. The molecule has 1 unspecified atom stereocenters. The zero-order valence-corrected chi connectivity index (χ0v) is 12.7. The van der Waals surface area contributed by atoms with Crippen LogP contribution in [0.1, 0.15) is 30.9 Å². The Balaban J connectivity index is 2.09. The van der Waals surface area contributed by atoms with Crippen LogP contribution in [0.3, 0.4) is 0 Å². The molecule has 1 N–H and O–H groups in total. The molecular formula is C16H17N3O4. The zero-order chi connectivity index (χ0) is 16.6. The summed E-state index contributed by atoms with van der Waals surface area (Å²) < 4.78 is 2.93. The van der Waals surface area contributed by atoms with E-state index < -0.39 is 11.9 Å². The van der Waals surface area contributed by atoms with E-state index in [0.717, 1.165) is 11.8 Å². The Bertz CT molecular complexity index is 862. The van der Waals surface area contributed by atoms with Crippen LogP contribution >= 0.6 is 0 Å². The molecule has 23 heavy (non-hydrogen) atoms. The van der Waals surface area contributed by atoms with Gasteiger partial charge in [0.05, 0.1) is 11.0 Å². The largest absolute Gasteiger partial charge is 0.329 e. The Morgan fingerprint density at radius 3 is 2.74 bits per heavy atom. The average molecular weight is 315 g/mol. The fourth-order valence-electron chi connectivity index (χ4n) is 3.02. The van der Waals surface area contributed by atoms with E-state index in [9.17, 15) is 19.2 Å². The first-order valence-electron chi connectivity index (χ1n) is 7.50. The molecule has 2 amide bonds. The van der Waals surface area contributed by atoms with Gasteiger partial charge < -0.3 is 4.79 Å². The van der Waals surface area contributed by atoms with Gasteiger partial charge in [-0.1, -0.05) is 6.07 Å². The molecule has 3 rings (SSSR count). The van der Waals surface area contributed by atoms with E-state index in [-0.39, 0.29) is 18.0 Å². The predicted octanol–water partition coefficient (Wildman–Crippen LogP) is 0.449. The molecule has 1 aromatic heterocycles. The number of hydrogen-bond acceptors (Lipinski definition) is 4. The number of carbonyl (C=O) groups excluding carboxylic acids is 3. The second kappa shape index (κ2) is 5.83. The minimum Gasteiger partial charge on any atom is -0.303 e. The van der Waals surface area contributed by atoms with E-state index >= 15 is 0 Å². The quantitative estimate of drug-likeness (QED) is 0.655. The van der Waals surface area contributed by atoms with E-state index in [1.165, 1.54) is 9.13 Å². The third-order valence-corrected chi connectivity index (χ3v) is 4.23. The summed E-state index contributed by atoms with van der Waals surface area (Å²) in [5.74, 6) is -0.753. The second-order valence-electron chi connectivity index (χ2n) is 5.71. The minimum atomic E-state index is -0.676. The monoisotopic (exact) mass is 315 g/mol. The van der Waals surface area contributed by atoms with Crippen LogP contribution in [0.4, 0.5) is 0 Å². The number of benzene rings is 1. The van der Waals surface area contributed by atoms with Crippen LogP contribution in [0, 0.1) is 0 Å². The molecule has 1 aliphatic heterocycles. The number of amides is 2. The van der Waals surface area contributed by atoms with Crippen LogP contribution in [0.15, 0.2) is 23.0 Å². The molecule has 0 bridgehead atoms. The molecule has 1 saturated heterocycles. The lowest BCUT2D eigenvalue weighted by Crippen LogP contribution is -2.44. The van der Waals surface area contributed by atoms with Crippen LogP contribution in [-0.2, 0) is 27.9 Å². The van der Waals surface area contributed by atoms with Gasteiger partial charge in [-0.3, -0.25) is 24.0 Å². The summed E-state index contributed by atoms with van der Waals surface area (Å²) in [7, 11) is 1.65. The second-order valence-corrected chi connectivity index (χ2v) is 5.71. The molecule has 1 aromatic carbocycles. The van der Waals surface area contributed by atoms with Gasteiger partial charge in [-0.2, -0.15) is 0 Å². The van der Waals surface area contributed by atoms with Gasteiger partial charge in [0.25, 0.3) is 0 Å². The van der Waals surface area contributed by atoms with Crippen molar-refractivity contribution in [1.29, 1.82) is 0 Å². The first-order valence-corrected chi connectivity index (χ1v) is 7.50. The smallest absolute Gasteiger partial charge is 0.303 e. The van der Waals surface area contributed by atoms with Gasteiger partial charge in [-0.05, 0) is 30.5 Å². The molecule has 0 radical (unpaired) electrons. The highest BCUT2D eigenvalue weighted by atomic mass is 16.2. The summed E-state index contributed by atoms with van der Waals surface area (Å²) in [6.07, 6.45) is 2.43. The van der Waals surface area contributed by atoms with E-state index in [0.29, 0.717) is 30.3 Å². The zero-order valence-electron chi connectivity index (χ0n) is 12.7. The highest BCUT2D eigenvalue weighted by Crippen LogP contribution is 2.23. The van der Waals surface area contributed by atoms with Crippen molar-refractivity contribution in [1.82, 2.24) is 14.5 Å². The van der Waals surface area contributed by atoms with Gasteiger partial charge in [-0.25, -0.2) is 4.79 Å². The summed E-state index contributed by atoms with van der Waals surface area (Å²) in [5, 5.41) is 2.28. The standard InChI is InChI=1S/C16H17N3O4/c1-18-13-9-10(3-2-8-20)4-5-11(13)19(16(18)23)12-6-7-14(21)17-15(12)22/h4-5,8-9,12H,2-3,6-7H2,1H3,(H,17,21,22). The highest BCUT2D eigenvalue weighted by molar-refractivity contribution is 6.00. The van der Waals surface area contributed by atoms with Crippen LogP contribution in [0.25, 0.3) is 11.0 Å². The Morgan fingerprint density at radius 1 is 1.26 bits per heavy atom. The first kappa shape index (κ1) is 15.2. The van der Waals surface area contributed by atoms with Crippen LogP contribution < -0.4 is 11.0 Å². The summed E-state index contributed by atoms with van der Waals surface area (Å²) in [5.41, 5.74) is 2.03. The molecule has 7 heteroatoms. The number of rotatable bonds is 4. The summed E-state index contributed by atoms with van der Waals surface area (Å²) in [4.78, 5) is 46.4. The van der Waals surface area contributed by atoms with E-state index in [1.807, 2.05) is 12.1 Å². The fourth-order valence-corrected chi connectivity index (χ4v) is 3.02. The van der Waals surface area contributed by atoms with Gasteiger partial charge >= 0.3 is 5.69 Å². The summed E-state index contributed by atoms with van der Waals surface area (Å²) in [6.45, 7) is 0. The predicted molar refractivity (Wildman–Crippen MR) is 83.0 cm³/mol. The number of nitrogens with one attached hydrogen (secondary N) is 1. The molecular weight excluding hydrogens is 298 g/mol. The molecule has 2 heterocycles. The van der Waals surface area contributed by atoms with Gasteiger partial charge in [0, 0.05) is 19.9 Å². The number of imide groups is 1. The lowest BCUT2D eigenvalue weighted by atomic mass is 10.1. The molecule has 0 saturated carbocycles. The van der Waals surface area contributed by atoms with Crippen LogP contribution in [0.5, 0.6) is 0 Å². The first-order chi connectivity index (χ1) is 11.0. The maximum atomic E-state index is 12.5. The molecule has 0 aliphatic carbocycles. The third-order valence-electron chi connectivity index (χ3n) is 4.23. The van der Waals surface area contributed by atoms with E-state index in [2.05, 4.69) is 5.32 Å². The molecule has 120 valence electrons. The van der Waals surface area contributed by atoms with Gasteiger partial charge in [0.1, 0.15) is 12.3 Å². The van der Waals surface area contributed by atoms with Gasteiger partial charge in [-0.15, -0.1) is 0 Å². The Hall–Kier alpha value is -2.70. The Morgan fingerprint density at radius 2 is 2.04 bits per heavy atom. The normalized spacial score (nSPS) is 18.2. The SMILES string of the molecule is Cn1c(=O)n(C2CCC(=O)NC2=O)c2ccc(CCC=O)cc21.